The van der Waals surface area contributed by atoms with Crippen molar-refractivity contribution in [2.45, 2.75) is 24.9 Å². The van der Waals surface area contributed by atoms with Crippen molar-refractivity contribution >= 4 is 11.9 Å². The number of hydrogen-bond donors (Lipinski definition) is 0. The molecule has 4 rings (SSSR count). The van der Waals surface area contributed by atoms with Gasteiger partial charge in [0.25, 0.3) is 0 Å². The van der Waals surface area contributed by atoms with Crippen LogP contribution in [0, 0.1) is 11.3 Å². The monoisotopic (exact) mass is 419 g/mol. The number of rotatable bonds is 7. The molecule has 31 heavy (non-hydrogen) atoms. The molecule has 0 saturated carbocycles. The molecule has 0 unspecified atom stereocenters. The fourth-order valence-electron chi connectivity index (χ4n) is 4.36. The Morgan fingerprint density at radius 2 is 1.94 bits per heavy atom. The quantitative estimate of drug-likeness (QED) is 0.687. The lowest BCUT2D eigenvalue weighted by Crippen LogP contribution is -2.47. The highest BCUT2D eigenvalue weighted by Gasteiger charge is 2.47. The third-order valence-corrected chi connectivity index (χ3v) is 6.30. The second kappa shape index (κ2) is 9.36. The number of likely N-dealkylation sites (N-methyl/N-ethyl adjacent to an activating group) is 1. The van der Waals surface area contributed by atoms with E-state index in [1.165, 1.54) is 5.56 Å². The van der Waals surface area contributed by atoms with Gasteiger partial charge in [-0.25, -0.2) is 9.78 Å². The number of nitrogens with zero attached hydrogens (tertiary/aromatic N) is 5. The van der Waals surface area contributed by atoms with Gasteiger partial charge in [0.2, 0.25) is 0 Å². The maximum Gasteiger partial charge on any atom is 0.410 e. The van der Waals surface area contributed by atoms with E-state index < -0.39 is 5.60 Å². The van der Waals surface area contributed by atoms with Crippen molar-refractivity contribution in [2.75, 3.05) is 51.2 Å². The average Bonchev–Trinajstić information content (AvgIpc) is 3.12. The van der Waals surface area contributed by atoms with E-state index >= 15 is 0 Å². The number of amides is 1. The third-order valence-electron chi connectivity index (χ3n) is 6.30. The van der Waals surface area contributed by atoms with Gasteiger partial charge < -0.3 is 19.4 Å². The summed E-state index contributed by atoms with van der Waals surface area (Å²) < 4.78 is 5.86. The van der Waals surface area contributed by atoms with Gasteiger partial charge in [0.15, 0.2) is 0 Å². The van der Waals surface area contributed by atoms with E-state index in [9.17, 15) is 10.1 Å². The molecule has 2 aromatic rings. The molecule has 1 spiro atoms. The van der Waals surface area contributed by atoms with Gasteiger partial charge in [0.05, 0.1) is 12.1 Å². The van der Waals surface area contributed by atoms with E-state index in [1.54, 1.807) is 18.3 Å². The van der Waals surface area contributed by atoms with E-state index in [2.05, 4.69) is 52.2 Å². The summed E-state index contributed by atoms with van der Waals surface area (Å²) >= 11 is 0. The summed E-state index contributed by atoms with van der Waals surface area (Å²) in [4.78, 5) is 23.1. The van der Waals surface area contributed by atoms with Crippen LogP contribution in [-0.4, -0.2) is 72.8 Å². The zero-order chi connectivity index (χ0) is 21.7. The van der Waals surface area contributed by atoms with Crippen LogP contribution in [0.25, 0.3) is 0 Å². The average molecular weight is 420 g/mol. The van der Waals surface area contributed by atoms with Gasteiger partial charge in [0.1, 0.15) is 17.5 Å². The number of pyridine rings is 1. The second-order valence-electron chi connectivity index (χ2n) is 8.48. The molecule has 7 nitrogen and oxygen atoms in total. The van der Waals surface area contributed by atoms with Crippen LogP contribution in [0.3, 0.4) is 0 Å². The van der Waals surface area contributed by atoms with Gasteiger partial charge in [-0.1, -0.05) is 30.3 Å². The summed E-state index contributed by atoms with van der Waals surface area (Å²) in [5.74, 6) is 0.723. The van der Waals surface area contributed by atoms with Crippen LogP contribution < -0.4 is 4.90 Å². The van der Waals surface area contributed by atoms with Gasteiger partial charge >= 0.3 is 6.09 Å². The molecule has 0 radical (unpaired) electrons. The fraction of sp³-hybridized carbons (Fsp3) is 0.458. The Morgan fingerprint density at radius 3 is 2.68 bits per heavy atom. The van der Waals surface area contributed by atoms with Crippen LogP contribution in [-0.2, 0) is 11.2 Å². The Bertz CT molecular complexity index is 934. The van der Waals surface area contributed by atoms with E-state index in [1.807, 2.05) is 11.0 Å². The van der Waals surface area contributed by atoms with Crippen molar-refractivity contribution in [3.8, 4) is 6.07 Å². The lowest BCUT2D eigenvalue weighted by molar-refractivity contribution is 0.0365. The highest BCUT2D eigenvalue weighted by atomic mass is 16.6. The molecule has 2 aliphatic heterocycles. The van der Waals surface area contributed by atoms with Crippen molar-refractivity contribution < 1.29 is 9.53 Å². The van der Waals surface area contributed by atoms with Gasteiger partial charge in [-0.05, 0) is 31.2 Å². The second-order valence-corrected chi connectivity index (χ2v) is 8.48. The molecule has 2 fully saturated rings. The van der Waals surface area contributed by atoms with Crippen LogP contribution in [0.15, 0.2) is 48.7 Å². The molecule has 0 bridgehead atoms. The largest absolute Gasteiger partial charge is 0.441 e. The van der Waals surface area contributed by atoms with Gasteiger partial charge in [-0.2, -0.15) is 5.26 Å². The number of carbonyl (C=O) groups excluding carboxylic acids is 1. The van der Waals surface area contributed by atoms with Crippen molar-refractivity contribution in [3.05, 3.63) is 59.8 Å². The maximum atomic E-state index is 12.5. The molecule has 0 atom stereocenters. The maximum absolute atomic E-state index is 12.5. The Hall–Kier alpha value is -3.11. The van der Waals surface area contributed by atoms with Gasteiger partial charge in [-0.15, -0.1) is 0 Å². The first kappa shape index (κ1) is 21.1. The fourth-order valence-corrected chi connectivity index (χ4v) is 4.36. The van der Waals surface area contributed by atoms with E-state index in [0.717, 1.165) is 51.3 Å². The van der Waals surface area contributed by atoms with Crippen LogP contribution in [0.2, 0.25) is 0 Å². The Balaban J connectivity index is 1.26. The predicted octanol–water partition coefficient (Wildman–Crippen LogP) is 2.92. The van der Waals surface area contributed by atoms with Crippen LogP contribution in [0.5, 0.6) is 0 Å². The number of nitriles is 1. The molecule has 0 aliphatic carbocycles. The summed E-state index contributed by atoms with van der Waals surface area (Å²) in [6.07, 6.45) is 4.01. The highest BCUT2D eigenvalue weighted by Crippen LogP contribution is 2.34. The number of benzene rings is 1. The summed E-state index contributed by atoms with van der Waals surface area (Å²) in [5.41, 5.74) is 1.49. The number of carbonyl (C=O) groups is 1. The number of hydrogen-bond acceptors (Lipinski definition) is 6. The van der Waals surface area contributed by atoms with Crippen molar-refractivity contribution in [3.63, 3.8) is 0 Å². The first-order valence-electron chi connectivity index (χ1n) is 10.9. The molecule has 1 aromatic carbocycles. The zero-order valence-electron chi connectivity index (χ0n) is 18.0. The van der Waals surface area contributed by atoms with E-state index in [-0.39, 0.29) is 6.09 Å². The zero-order valence-corrected chi connectivity index (χ0v) is 18.0. The number of piperidine rings is 1. The molecule has 1 amide bonds. The SMILES string of the molecule is CN(CCc1ccccc1)CCN1CC2(CCN(c3ncccc3C#N)CC2)OC1=O. The van der Waals surface area contributed by atoms with Crippen LogP contribution in [0.1, 0.15) is 24.0 Å². The third kappa shape index (κ3) is 4.97. The Kier molecular flexibility index (Phi) is 6.38. The predicted molar refractivity (Wildman–Crippen MR) is 119 cm³/mol. The van der Waals surface area contributed by atoms with Crippen molar-refractivity contribution in [2.24, 2.45) is 0 Å². The van der Waals surface area contributed by atoms with Crippen molar-refractivity contribution in [1.29, 1.82) is 5.26 Å². The molecular formula is C24H29N5O2. The smallest absolute Gasteiger partial charge is 0.410 e. The molecule has 2 aliphatic rings. The molecule has 3 heterocycles. The minimum Gasteiger partial charge on any atom is -0.441 e. The Morgan fingerprint density at radius 1 is 1.16 bits per heavy atom. The number of ether oxygens (including phenoxy) is 1. The molecular weight excluding hydrogens is 390 g/mol. The summed E-state index contributed by atoms with van der Waals surface area (Å²) in [6.45, 7) is 4.55. The molecule has 0 N–H and O–H groups in total. The topological polar surface area (TPSA) is 72.7 Å². The lowest BCUT2D eigenvalue weighted by Gasteiger charge is -2.38. The minimum atomic E-state index is -0.419. The minimum absolute atomic E-state index is 0.208. The molecule has 7 heteroatoms. The van der Waals surface area contributed by atoms with Gasteiger partial charge in [0, 0.05) is 51.8 Å². The molecule has 1 aromatic heterocycles. The van der Waals surface area contributed by atoms with E-state index in [0.29, 0.717) is 18.7 Å². The van der Waals surface area contributed by atoms with Crippen LogP contribution >= 0.6 is 0 Å². The van der Waals surface area contributed by atoms with Crippen molar-refractivity contribution in [1.82, 2.24) is 14.8 Å². The molecule has 2 saturated heterocycles. The van der Waals surface area contributed by atoms with E-state index in [4.69, 9.17) is 4.74 Å². The summed E-state index contributed by atoms with van der Waals surface area (Å²) in [7, 11) is 2.10. The first-order chi connectivity index (χ1) is 15.1. The summed E-state index contributed by atoms with van der Waals surface area (Å²) in [6, 6.07) is 16.2. The summed E-state index contributed by atoms with van der Waals surface area (Å²) in [5, 5.41) is 9.33. The van der Waals surface area contributed by atoms with Gasteiger partial charge in [-0.3, -0.25) is 0 Å². The Labute approximate surface area is 183 Å². The van der Waals surface area contributed by atoms with Crippen LogP contribution in [0.4, 0.5) is 10.6 Å². The highest BCUT2D eigenvalue weighted by molar-refractivity contribution is 5.71. The number of anilines is 1. The normalized spacial score (nSPS) is 17.8. The number of aromatic nitrogens is 1. The first-order valence-corrected chi connectivity index (χ1v) is 10.9. The lowest BCUT2D eigenvalue weighted by atomic mass is 9.91. The standard InChI is InChI=1S/C24H29N5O2/c1-27(13-9-20-6-3-2-4-7-20)16-17-29-19-24(31-23(29)30)10-14-28(15-11-24)22-21(18-25)8-5-12-26-22/h2-8,12H,9-11,13-17,19H2,1H3. The molecule has 162 valence electrons.